The number of halogens is 3. The van der Waals surface area contributed by atoms with E-state index in [4.69, 9.17) is 9.47 Å². The normalized spacial score (nSPS) is 14.3. The highest BCUT2D eigenvalue weighted by atomic mass is 19.4. The van der Waals surface area contributed by atoms with Crippen molar-refractivity contribution in [3.63, 3.8) is 0 Å². The quantitative estimate of drug-likeness (QED) is 0.398. The Kier molecular flexibility index (Phi) is 8.68. The highest BCUT2D eigenvalue weighted by Gasteiger charge is 2.33. The van der Waals surface area contributed by atoms with Crippen molar-refractivity contribution >= 4 is 17.5 Å². The number of amides is 2. The second-order valence-electron chi connectivity index (χ2n) is 9.16. The molecule has 9 heteroatoms. The van der Waals surface area contributed by atoms with Crippen LogP contribution in [0.25, 0.3) is 0 Å². The van der Waals surface area contributed by atoms with Crippen LogP contribution in [0, 0.1) is 0 Å². The zero-order valence-corrected chi connectivity index (χ0v) is 21.0. The first-order valence-electron chi connectivity index (χ1n) is 12.3. The summed E-state index contributed by atoms with van der Waals surface area (Å²) in [6.45, 7) is 1.16. The van der Waals surface area contributed by atoms with Crippen LogP contribution in [0.5, 0.6) is 5.75 Å². The number of piperidine rings is 1. The molecule has 200 valence electrons. The molecule has 0 aromatic heterocycles. The van der Waals surface area contributed by atoms with Crippen molar-refractivity contribution in [3.8, 4) is 5.75 Å². The number of nitrogens with one attached hydrogen (secondary N) is 1. The van der Waals surface area contributed by atoms with Gasteiger partial charge in [0, 0.05) is 24.3 Å². The largest absolute Gasteiger partial charge is 0.497 e. The molecule has 0 radical (unpaired) electrons. The summed E-state index contributed by atoms with van der Waals surface area (Å²) in [4.78, 5) is 26.7. The zero-order valence-electron chi connectivity index (χ0n) is 21.0. The predicted molar refractivity (Wildman–Crippen MR) is 137 cm³/mol. The Bertz CT molecular complexity index is 1240. The number of benzene rings is 3. The maximum absolute atomic E-state index is 13.2. The average Bonchev–Trinajstić information content (AvgIpc) is 2.93. The maximum Gasteiger partial charge on any atom is 0.416 e. The molecular weight excluding hydrogens is 497 g/mol. The molecule has 1 heterocycles. The van der Waals surface area contributed by atoms with Crippen molar-refractivity contribution in [1.82, 2.24) is 4.90 Å². The third kappa shape index (κ3) is 7.13. The molecule has 1 fully saturated rings. The van der Waals surface area contributed by atoms with Crippen LogP contribution in [0.4, 0.5) is 18.9 Å². The first kappa shape index (κ1) is 27.2. The fraction of sp³-hybridized carbons (Fsp3) is 0.310. The average molecular weight is 527 g/mol. The minimum atomic E-state index is -4.57. The van der Waals surface area contributed by atoms with E-state index in [1.165, 1.54) is 13.2 Å². The summed E-state index contributed by atoms with van der Waals surface area (Å²) < 4.78 is 50.1. The SMILES string of the molecule is COc1cc(C(=O)N2CCC(c3ccc(NC(=O)COCc4ccccc4)cc3)CC2)cc(C(F)(F)F)c1. The molecule has 6 nitrogen and oxygen atoms in total. The lowest BCUT2D eigenvalue weighted by molar-refractivity contribution is -0.137. The summed E-state index contributed by atoms with van der Waals surface area (Å²) in [7, 11) is 1.27. The molecule has 0 aliphatic carbocycles. The van der Waals surface area contributed by atoms with E-state index >= 15 is 0 Å². The van der Waals surface area contributed by atoms with Crippen LogP contribution < -0.4 is 10.1 Å². The van der Waals surface area contributed by atoms with Gasteiger partial charge >= 0.3 is 6.18 Å². The number of carbonyl (C=O) groups excluding carboxylic acids is 2. The molecule has 38 heavy (non-hydrogen) atoms. The minimum absolute atomic E-state index is 0.00648. The second kappa shape index (κ2) is 12.1. The number of rotatable bonds is 8. The Morgan fingerprint density at radius 3 is 2.29 bits per heavy atom. The fourth-order valence-electron chi connectivity index (χ4n) is 4.47. The van der Waals surface area contributed by atoms with Crippen LogP contribution in [0.1, 0.15) is 45.8 Å². The van der Waals surface area contributed by atoms with Crippen molar-refractivity contribution in [2.75, 3.05) is 32.1 Å². The summed E-state index contributed by atoms with van der Waals surface area (Å²) in [5.41, 5.74) is 1.78. The summed E-state index contributed by atoms with van der Waals surface area (Å²) in [6, 6.07) is 20.2. The van der Waals surface area contributed by atoms with Gasteiger partial charge in [-0.3, -0.25) is 9.59 Å². The van der Waals surface area contributed by atoms with Gasteiger partial charge in [0.05, 0.1) is 19.3 Å². The molecule has 0 spiro atoms. The fourth-order valence-corrected chi connectivity index (χ4v) is 4.47. The topological polar surface area (TPSA) is 67.9 Å². The molecule has 0 unspecified atom stereocenters. The Labute approximate surface area is 219 Å². The van der Waals surface area contributed by atoms with E-state index in [1.807, 2.05) is 54.6 Å². The van der Waals surface area contributed by atoms with Gasteiger partial charge in [-0.15, -0.1) is 0 Å². The van der Waals surface area contributed by atoms with E-state index in [-0.39, 0.29) is 29.7 Å². The van der Waals surface area contributed by atoms with Gasteiger partial charge in [-0.05, 0) is 60.2 Å². The van der Waals surface area contributed by atoms with Crippen molar-refractivity contribution in [3.05, 3.63) is 95.1 Å². The number of anilines is 1. The summed E-state index contributed by atoms with van der Waals surface area (Å²) in [5, 5.41) is 2.82. The van der Waals surface area contributed by atoms with Crippen molar-refractivity contribution in [1.29, 1.82) is 0 Å². The van der Waals surface area contributed by atoms with Gasteiger partial charge in [0.1, 0.15) is 12.4 Å². The van der Waals surface area contributed by atoms with E-state index in [9.17, 15) is 22.8 Å². The Morgan fingerprint density at radius 1 is 0.974 bits per heavy atom. The van der Waals surface area contributed by atoms with Crippen LogP contribution in [0.3, 0.4) is 0 Å². The van der Waals surface area contributed by atoms with Gasteiger partial charge < -0.3 is 19.7 Å². The molecule has 0 saturated carbocycles. The van der Waals surface area contributed by atoms with Crippen LogP contribution in [-0.4, -0.2) is 43.5 Å². The molecule has 1 aliphatic heterocycles. The molecule has 3 aromatic carbocycles. The number of hydrogen-bond acceptors (Lipinski definition) is 4. The second-order valence-corrected chi connectivity index (χ2v) is 9.16. The Balaban J connectivity index is 1.28. The lowest BCUT2D eigenvalue weighted by Gasteiger charge is -2.32. The molecule has 1 aliphatic rings. The number of hydrogen-bond donors (Lipinski definition) is 1. The van der Waals surface area contributed by atoms with Crippen molar-refractivity contribution in [2.45, 2.75) is 31.5 Å². The first-order valence-corrected chi connectivity index (χ1v) is 12.3. The smallest absolute Gasteiger partial charge is 0.416 e. The predicted octanol–water partition coefficient (Wildman–Crippen LogP) is 5.89. The highest BCUT2D eigenvalue weighted by Crippen LogP contribution is 2.34. The van der Waals surface area contributed by atoms with Crippen LogP contribution in [0.2, 0.25) is 0 Å². The van der Waals surface area contributed by atoms with Crippen LogP contribution in [0.15, 0.2) is 72.8 Å². The third-order valence-corrected chi connectivity index (χ3v) is 6.51. The highest BCUT2D eigenvalue weighted by molar-refractivity contribution is 5.95. The summed E-state index contributed by atoms with van der Waals surface area (Å²) >= 11 is 0. The molecule has 1 saturated heterocycles. The molecule has 0 atom stereocenters. The number of nitrogens with zero attached hydrogens (tertiary/aromatic N) is 1. The van der Waals surface area contributed by atoms with E-state index in [0.29, 0.717) is 38.2 Å². The van der Waals surface area contributed by atoms with Gasteiger partial charge in [-0.25, -0.2) is 0 Å². The zero-order chi connectivity index (χ0) is 27.1. The molecule has 2 amide bonds. The molecular formula is C29H29F3N2O4. The standard InChI is InChI=1S/C29H29F3N2O4/c1-37-26-16-23(15-24(17-26)29(30,31)32)28(36)34-13-11-22(12-14-34)21-7-9-25(10-8-21)33-27(35)19-38-18-20-5-3-2-4-6-20/h2-10,15-17,22H,11-14,18-19H2,1H3,(H,33,35). The van der Waals surface area contributed by atoms with Crippen molar-refractivity contribution < 1.29 is 32.2 Å². The summed E-state index contributed by atoms with van der Waals surface area (Å²) in [5.74, 6) is -0.492. The molecule has 1 N–H and O–H groups in total. The number of ether oxygens (including phenoxy) is 2. The minimum Gasteiger partial charge on any atom is -0.497 e. The van der Waals surface area contributed by atoms with E-state index in [1.54, 1.807) is 4.90 Å². The van der Waals surface area contributed by atoms with Crippen molar-refractivity contribution in [2.24, 2.45) is 0 Å². The lowest BCUT2D eigenvalue weighted by atomic mass is 9.89. The number of likely N-dealkylation sites (tertiary alicyclic amines) is 1. The molecule has 0 bridgehead atoms. The monoisotopic (exact) mass is 526 g/mol. The third-order valence-electron chi connectivity index (χ3n) is 6.51. The number of carbonyl (C=O) groups is 2. The van der Waals surface area contributed by atoms with Gasteiger partial charge in [-0.1, -0.05) is 42.5 Å². The number of methoxy groups -OCH3 is 1. The van der Waals surface area contributed by atoms with Gasteiger partial charge in [-0.2, -0.15) is 13.2 Å². The first-order chi connectivity index (χ1) is 18.2. The van der Waals surface area contributed by atoms with E-state index < -0.39 is 17.6 Å². The van der Waals surface area contributed by atoms with Gasteiger partial charge in [0.25, 0.3) is 5.91 Å². The van der Waals surface area contributed by atoms with Gasteiger partial charge in [0.15, 0.2) is 0 Å². The Hall–Kier alpha value is -3.85. The molecule has 3 aromatic rings. The van der Waals surface area contributed by atoms with Crippen LogP contribution in [-0.2, 0) is 22.3 Å². The lowest BCUT2D eigenvalue weighted by Crippen LogP contribution is -2.38. The van der Waals surface area contributed by atoms with E-state index in [0.717, 1.165) is 23.3 Å². The maximum atomic E-state index is 13.2. The van der Waals surface area contributed by atoms with E-state index in [2.05, 4.69) is 5.32 Å². The molecule has 4 rings (SSSR count). The number of alkyl halides is 3. The van der Waals surface area contributed by atoms with Crippen LogP contribution >= 0.6 is 0 Å². The Morgan fingerprint density at radius 2 is 1.66 bits per heavy atom. The summed E-state index contributed by atoms with van der Waals surface area (Å²) in [6.07, 6.45) is -3.21. The van der Waals surface area contributed by atoms with Gasteiger partial charge in [0.2, 0.25) is 5.91 Å².